The van der Waals surface area contributed by atoms with Crippen LogP contribution in [0, 0.1) is 58.5 Å². The summed E-state index contributed by atoms with van der Waals surface area (Å²) in [5.41, 5.74) is 12.4. The highest BCUT2D eigenvalue weighted by molar-refractivity contribution is 6.84. The second kappa shape index (κ2) is 12.8. The van der Waals surface area contributed by atoms with Crippen LogP contribution in [-0.2, 0) is 0 Å². The van der Waals surface area contributed by atoms with Gasteiger partial charge < -0.3 is 5.11 Å². The van der Waals surface area contributed by atoms with Crippen LogP contribution in [0.4, 0.5) is 0 Å². The van der Waals surface area contributed by atoms with E-state index in [1.807, 2.05) is 48.5 Å². The SMILES string of the molecule is CC(C)(O)C#Cc1ccc(C#Cc2ccc(C#Cc3cc(C#C[Si](C)(C)C)cc(C#C[Si](C)(C)C)c3)cc2)cc1. The van der Waals surface area contributed by atoms with E-state index in [9.17, 15) is 5.11 Å². The molecule has 0 spiro atoms. The van der Waals surface area contributed by atoms with Gasteiger partial charge in [-0.1, -0.05) is 86.6 Å². The van der Waals surface area contributed by atoms with E-state index in [-0.39, 0.29) is 0 Å². The minimum atomic E-state index is -1.49. The van der Waals surface area contributed by atoms with E-state index in [1.165, 1.54) is 0 Å². The molecular formula is C37H36OSi2. The van der Waals surface area contributed by atoms with Crippen molar-refractivity contribution in [2.45, 2.75) is 58.7 Å². The average molecular weight is 553 g/mol. The number of hydrogen-bond donors (Lipinski definition) is 1. The van der Waals surface area contributed by atoms with E-state index in [2.05, 4.69) is 116 Å². The zero-order valence-corrected chi connectivity index (χ0v) is 26.8. The van der Waals surface area contributed by atoms with Crippen LogP contribution in [0.2, 0.25) is 39.3 Å². The van der Waals surface area contributed by atoms with E-state index >= 15 is 0 Å². The summed E-state index contributed by atoms with van der Waals surface area (Å²) < 4.78 is 0. The fourth-order valence-corrected chi connectivity index (χ4v) is 4.19. The lowest BCUT2D eigenvalue weighted by atomic mass is 10.1. The molecule has 0 atom stereocenters. The van der Waals surface area contributed by atoms with E-state index in [0.29, 0.717) is 0 Å². The zero-order valence-electron chi connectivity index (χ0n) is 24.8. The van der Waals surface area contributed by atoms with Crippen molar-refractivity contribution in [3.8, 4) is 58.5 Å². The molecule has 3 heteroatoms. The van der Waals surface area contributed by atoms with Crippen molar-refractivity contribution in [1.29, 1.82) is 0 Å². The third-order valence-corrected chi connectivity index (χ3v) is 6.83. The first kappa shape index (κ1) is 30.4. The lowest BCUT2D eigenvalue weighted by molar-refractivity contribution is 0.143. The van der Waals surface area contributed by atoms with Gasteiger partial charge in [0.2, 0.25) is 0 Å². The first-order valence-corrected chi connectivity index (χ1v) is 20.3. The van der Waals surface area contributed by atoms with Gasteiger partial charge in [0, 0.05) is 38.9 Å². The van der Waals surface area contributed by atoms with Crippen LogP contribution < -0.4 is 0 Å². The lowest BCUT2D eigenvalue weighted by Crippen LogP contribution is -2.16. The molecule has 3 rings (SSSR count). The summed E-state index contributed by atoms with van der Waals surface area (Å²) in [6.07, 6.45) is 0. The Kier molecular flexibility index (Phi) is 9.73. The standard InChI is InChI=1S/C37H36OSi2/c1-37(2,38)24-21-33-17-15-31(16-18-33)10-9-30-11-13-32(14-12-30)19-20-34-27-35(22-25-39(3,4)5)29-36(28-34)23-26-40(6,7)8/h11-18,27-29,38H,1-8H3. The molecule has 0 saturated carbocycles. The minimum absolute atomic E-state index is 0.847. The quantitative estimate of drug-likeness (QED) is 0.234. The molecule has 0 aromatic heterocycles. The van der Waals surface area contributed by atoms with Crippen molar-refractivity contribution in [1.82, 2.24) is 0 Å². The summed E-state index contributed by atoms with van der Waals surface area (Å²) in [4.78, 5) is 0. The first-order chi connectivity index (χ1) is 18.6. The Morgan fingerprint density at radius 1 is 0.450 bits per heavy atom. The maximum Gasteiger partial charge on any atom is 0.129 e. The largest absolute Gasteiger partial charge is 0.378 e. The highest BCUT2D eigenvalue weighted by Gasteiger charge is 2.09. The summed E-state index contributed by atoms with van der Waals surface area (Å²) in [6.45, 7) is 16.8. The van der Waals surface area contributed by atoms with Crippen LogP contribution in [0.3, 0.4) is 0 Å². The second-order valence-corrected chi connectivity index (χ2v) is 21.8. The third kappa shape index (κ3) is 11.7. The van der Waals surface area contributed by atoms with Crippen molar-refractivity contribution in [3.63, 3.8) is 0 Å². The summed E-state index contributed by atoms with van der Waals surface area (Å²) >= 11 is 0. The molecule has 3 aromatic rings. The summed E-state index contributed by atoms with van der Waals surface area (Å²) in [7, 11) is -2.98. The maximum absolute atomic E-state index is 9.75. The predicted octanol–water partition coefficient (Wildman–Crippen LogP) is 7.07. The highest BCUT2D eigenvalue weighted by Crippen LogP contribution is 2.11. The Morgan fingerprint density at radius 2 is 0.725 bits per heavy atom. The number of rotatable bonds is 0. The van der Waals surface area contributed by atoms with Crippen LogP contribution in [0.1, 0.15) is 52.8 Å². The van der Waals surface area contributed by atoms with Gasteiger partial charge >= 0.3 is 0 Å². The van der Waals surface area contributed by atoms with Crippen LogP contribution >= 0.6 is 0 Å². The molecule has 0 amide bonds. The van der Waals surface area contributed by atoms with Crippen molar-refractivity contribution in [2.75, 3.05) is 0 Å². The number of benzene rings is 3. The predicted molar refractivity (Wildman–Crippen MR) is 175 cm³/mol. The highest BCUT2D eigenvalue weighted by atomic mass is 28.3. The van der Waals surface area contributed by atoms with Crippen LogP contribution in [0.25, 0.3) is 0 Å². The first-order valence-electron chi connectivity index (χ1n) is 13.3. The molecule has 198 valence electrons. The van der Waals surface area contributed by atoms with Gasteiger partial charge in [-0.15, -0.1) is 11.1 Å². The Morgan fingerprint density at radius 3 is 1.02 bits per heavy atom. The van der Waals surface area contributed by atoms with Gasteiger partial charge in [0.15, 0.2) is 0 Å². The van der Waals surface area contributed by atoms with E-state index < -0.39 is 21.7 Å². The normalized spacial score (nSPS) is 10.6. The lowest BCUT2D eigenvalue weighted by Gasteiger charge is -2.05. The van der Waals surface area contributed by atoms with E-state index in [1.54, 1.807) is 13.8 Å². The Balaban J connectivity index is 1.80. The van der Waals surface area contributed by atoms with E-state index in [4.69, 9.17) is 0 Å². The van der Waals surface area contributed by atoms with E-state index in [0.717, 1.165) is 38.9 Å². The zero-order chi connectivity index (χ0) is 29.4. The molecule has 0 fully saturated rings. The van der Waals surface area contributed by atoms with Gasteiger partial charge in [-0.05, 0) is 80.6 Å². The topological polar surface area (TPSA) is 20.2 Å². The Bertz CT molecular complexity index is 1630. The van der Waals surface area contributed by atoms with Crippen molar-refractivity contribution in [2.24, 2.45) is 0 Å². The van der Waals surface area contributed by atoms with Gasteiger partial charge in [-0.3, -0.25) is 0 Å². The molecule has 0 aliphatic carbocycles. The van der Waals surface area contributed by atoms with Crippen molar-refractivity contribution < 1.29 is 5.11 Å². The summed E-state index contributed by atoms with van der Waals surface area (Å²) in [6, 6.07) is 21.8. The smallest absolute Gasteiger partial charge is 0.129 e. The van der Waals surface area contributed by atoms with Crippen LogP contribution in [-0.4, -0.2) is 26.9 Å². The van der Waals surface area contributed by atoms with Crippen LogP contribution in [0.15, 0.2) is 66.7 Å². The monoisotopic (exact) mass is 552 g/mol. The summed E-state index contributed by atoms with van der Waals surface area (Å²) in [5.74, 6) is 25.5. The molecule has 1 N–H and O–H groups in total. The molecular weight excluding hydrogens is 517 g/mol. The number of aliphatic hydroxyl groups is 1. The van der Waals surface area contributed by atoms with Crippen molar-refractivity contribution in [3.05, 3.63) is 106 Å². The fourth-order valence-electron chi connectivity index (χ4n) is 3.15. The number of hydrogen-bond acceptors (Lipinski definition) is 1. The van der Waals surface area contributed by atoms with Gasteiger partial charge in [0.1, 0.15) is 21.7 Å². The fraction of sp³-hybridized carbons (Fsp3) is 0.243. The second-order valence-electron chi connectivity index (χ2n) is 12.3. The maximum atomic E-state index is 9.75. The summed E-state index contributed by atoms with van der Waals surface area (Å²) in [5, 5.41) is 9.75. The van der Waals surface area contributed by atoms with Gasteiger partial charge in [0.05, 0.1) is 0 Å². The van der Waals surface area contributed by atoms with Gasteiger partial charge in [0.25, 0.3) is 0 Å². The van der Waals surface area contributed by atoms with Gasteiger partial charge in [-0.25, -0.2) is 0 Å². The molecule has 3 aromatic carbocycles. The third-order valence-electron chi connectivity index (χ3n) is 5.08. The molecule has 40 heavy (non-hydrogen) atoms. The minimum Gasteiger partial charge on any atom is -0.378 e. The Hall–Kier alpha value is -4.15. The van der Waals surface area contributed by atoms with Gasteiger partial charge in [-0.2, -0.15) is 0 Å². The molecule has 0 unspecified atom stereocenters. The average Bonchev–Trinajstić information content (AvgIpc) is 2.87. The molecule has 0 heterocycles. The molecule has 0 radical (unpaired) electrons. The molecule has 0 aliphatic heterocycles. The molecule has 0 saturated heterocycles. The molecule has 0 aliphatic rings. The van der Waals surface area contributed by atoms with Crippen molar-refractivity contribution >= 4 is 16.1 Å². The molecule has 1 nitrogen and oxygen atoms in total. The Labute approximate surface area is 243 Å². The molecule has 0 bridgehead atoms. The van der Waals surface area contributed by atoms with Crippen LogP contribution in [0.5, 0.6) is 0 Å².